The Morgan fingerprint density at radius 2 is 2.35 bits per heavy atom. The van der Waals surface area contributed by atoms with E-state index in [1.54, 1.807) is 6.07 Å². The van der Waals surface area contributed by atoms with Crippen LogP contribution in [0.3, 0.4) is 0 Å². The number of fused-ring (bicyclic) bond motifs is 1. The normalized spacial score (nSPS) is 15.4. The summed E-state index contributed by atoms with van der Waals surface area (Å²) >= 11 is 1.25. The van der Waals surface area contributed by atoms with Crippen LogP contribution in [0.5, 0.6) is 0 Å². The Labute approximate surface area is 122 Å². The minimum atomic E-state index is -0.111. The average Bonchev–Trinajstić information content (AvgIpc) is 3.07. The van der Waals surface area contributed by atoms with Crippen LogP contribution in [0.15, 0.2) is 30.5 Å². The molecule has 0 spiro atoms. The van der Waals surface area contributed by atoms with Crippen molar-refractivity contribution >= 4 is 17.0 Å². The molecule has 2 aromatic heterocycles. The Morgan fingerprint density at radius 3 is 3.10 bits per heavy atom. The molecule has 1 atom stereocenters. The van der Waals surface area contributed by atoms with Gasteiger partial charge < -0.3 is 10.2 Å². The van der Waals surface area contributed by atoms with Gasteiger partial charge in [0.15, 0.2) is 5.13 Å². The first-order valence-corrected chi connectivity index (χ1v) is 7.71. The van der Waals surface area contributed by atoms with Gasteiger partial charge in [0.1, 0.15) is 0 Å². The van der Waals surface area contributed by atoms with Gasteiger partial charge in [-0.3, -0.25) is 4.98 Å². The fourth-order valence-corrected chi connectivity index (χ4v) is 3.67. The molecule has 3 nitrogen and oxygen atoms in total. The van der Waals surface area contributed by atoms with Crippen molar-refractivity contribution in [2.45, 2.75) is 18.9 Å². The molecule has 0 amide bonds. The summed E-state index contributed by atoms with van der Waals surface area (Å²) in [4.78, 5) is 7.90. The highest BCUT2D eigenvalue weighted by molar-refractivity contribution is 7.10. The highest BCUT2D eigenvalue weighted by atomic mass is 32.1. The summed E-state index contributed by atoms with van der Waals surface area (Å²) in [5.74, 6) is 0. The molecule has 1 aliphatic heterocycles. The van der Waals surface area contributed by atoms with Crippen LogP contribution in [0.25, 0.3) is 0 Å². The molecule has 0 aromatic carbocycles. The predicted octanol–water partition coefficient (Wildman–Crippen LogP) is 3.00. The van der Waals surface area contributed by atoms with Crippen molar-refractivity contribution in [2.24, 2.45) is 0 Å². The largest absolute Gasteiger partial charge is 0.362 e. The second-order valence-electron chi connectivity index (χ2n) is 4.96. The van der Waals surface area contributed by atoms with Crippen LogP contribution >= 0.6 is 11.3 Å². The Kier molecular flexibility index (Phi) is 3.98. The molecule has 0 radical (unpaired) electrons. The minimum Gasteiger partial charge on any atom is -0.362 e. The van der Waals surface area contributed by atoms with E-state index in [-0.39, 0.29) is 11.2 Å². The van der Waals surface area contributed by atoms with Crippen molar-refractivity contribution in [1.82, 2.24) is 10.3 Å². The summed E-state index contributed by atoms with van der Waals surface area (Å²) in [5, 5.41) is 3.08. The van der Waals surface area contributed by atoms with Crippen molar-refractivity contribution in [3.05, 3.63) is 46.2 Å². The van der Waals surface area contributed by atoms with Gasteiger partial charge in [-0.25, -0.2) is 0 Å². The standard InChI is InChI=1S/C15H18FN3S/c1-17-9-6-13(14-4-5-15(16)20-14)19-10-7-11-12(19)3-2-8-18-11/h2-5,8,13,17H,6-7,9-10H2,1H3/t13-/m1/s1. The topological polar surface area (TPSA) is 28.2 Å². The first-order valence-electron chi connectivity index (χ1n) is 6.90. The molecule has 0 bridgehead atoms. The van der Waals surface area contributed by atoms with Crippen LogP contribution in [0, 0.1) is 5.13 Å². The van der Waals surface area contributed by atoms with Crippen LogP contribution in [0.4, 0.5) is 10.1 Å². The predicted molar refractivity (Wildman–Crippen MR) is 80.8 cm³/mol. The van der Waals surface area contributed by atoms with Crippen molar-refractivity contribution in [3.63, 3.8) is 0 Å². The van der Waals surface area contributed by atoms with E-state index in [1.165, 1.54) is 17.0 Å². The number of aromatic nitrogens is 1. The zero-order chi connectivity index (χ0) is 13.9. The van der Waals surface area contributed by atoms with Gasteiger partial charge in [-0.15, -0.1) is 11.3 Å². The summed E-state index contributed by atoms with van der Waals surface area (Å²) in [6.07, 6.45) is 3.78. The van der Waals surface area contributed by atoms with E-state index < -0.39 is 0 Å². The van der Waals surface area contributed by atoms with Gasteiger partial charge in [-0.05, 0) is 44.3 Å². The molecule has 5 heteroatoms. The van der Waals surface area contributed by atoms with Gasteiger partial charge in [0.25, 0.3) is 0 Å². The van der Waals surface area contributed by atoms with E-state index in [0.717, 1.165) is 36.5 Å². The maximum Gasteiger partial charge on any atom is 0.176 e. The number of pyridine rings is 1. The lowest BCUT2D eigenvalue weighted by molar-refractivity contribution is 0.576. The fourth-order valence-electron chi connectivity index (χ4n) is 2.79. The number of nitrogens with one attached hydrogen (secondary N) is 1. The van der Waals surface area contributed by atoms with Gasteiger partial charge in [-0.2, -0.15) is 4.39 Å². The second-order valence-corrected chi connectivity index (χ2v) is 6.03. The number of nitrogens with zero attached hydrogens (tertiary/aromatic N) is 2. The molecule has 0 fully saturated rings. The fraction of sp³-hybridized carbons (Fsp3) is 0.400. The van der Waals surface area contributed by atoms with Gasteiger partial charge >= 0.3 is 0 Å². The second kappa shape index (κ2) is 5.89. The van der Waals surface area contributed by atoms with Crippen LogP contribution in [0.1, 0.15) is 23.0 Å². The molecule has 0 saturated heterocycles. The van der Waals surface area contributed by atoms with Crippen LogP contribution in [-0.2, 0) is 6.42 Å². The molecule has 1 N–H and O–H groups in total. The van der Waals surface area contributed by atoms with Crippen molar-refractivity contribution in [3.8, 4) is 0 Å². The number of hydrogen-bond donors (Lipinski definition) is 1. The highest BCUT2D eigenvalue weighted by Gasteiger charge is 2.28. The zero-order valence-corrected chi connectivity index (χ0v) is 12.3. The van der Waals surface area contributed by atoms with E-state index in [9.17, 15) is 4.39 Å². The molecule has 2 aromatic rings. The lowest BCUT2D eigenvalue weighted by Gasteiger charge is -2.29. The molecular weight excluding hydrogens is 273 g/mol. The maximum absolute atomic E-state index is 13.4. The van der Waals surface area contributed by atoms with Crippen molar-refractivity contribution in [2.75, 3.05) is 25.0 Å². The molecule has 0 unspecified atom stereocenters. The summed E-state index contributed by atoms with van der Waals surface area (Å²) < 4.78 is 13.4. The Balaban J connectivity index is 1.90. The van der Waals surface area contributed by atoms with Gasteiger partial charge in [0.05, 0.1) is 17.4 Å². The van der Waals surface area contributed by atoms with Crippen LogP contribution in [0.2, 0.25) is 0 Å². The molecular formula is C15H18FN3S. The number of halogens is 1. The molecule has 0 aliphatic carbocycles. The first-order chi connectivity index (χ1) is 9.79. The van der Waals surface area contributed by atoms with Crippen molar-refractivity contribution in [1.29, 1.82) is 0 Å². The summed E-state index contributed by atoms with van der Waals surface area (Å²) in [6, 6.07) is 7.79. The zero-order valence-electron chi connectivity index (χ0n) is 11.5. The quantitative estimate of drug-likeness (QED) is 0.918. The van der Waals surface area contributed by atoms with E-state index in [1.807, 2.05) is 25.4 Å². The molecule has 0 saturated carbocycles. The summed E-state index contributed by atoms with van der Waals surface area (Å²) in [5.41, 5.74) is 2.35. The summed E-state index contributed by atoms with van der Waals surface area (Å²) in [7, 11) is 1.95. The minimum absolute atomic E-state index is 0.111. The molecule has 3 rings (SSSR count). The third kappa shape index (κ3) is 2.55. The number of anilines is 1. The maximum atomic E-state index is 13.4. The highest BCUT2D eigenvalue weighted by Crippen LogP contribution is 2.37. The lowest BCUT2D eigenvalue weighted by Crippen LogP contribution is -2.28. The van der Waals surface area contributed by atoms with Crippen molar-refractivity contribution < 1.29 is 4.39 Å². The lowest BCUT2D eigenvalue weighted by atomic mass is 10.1. The number of thiophene rings is 1. The monoisotopic (exact) mass is 291 g/mol. The third-order valence-electron chi connectivity index (χ3n) is 3.73. The van der Waals surface area contributed by atoms with E-state index >= 15 is 0 Å². The number of rotatable bonds is 5. The SMILES string of the molecule is CNCC[C@H](c1ccc(F)s1)N1CCc2ncccc21. The van der Waals surface area contributed by atoms with Crippen LogP contribution < -0.4 is 10.2 Å². The summed E-state index contributed by atoms with van der Waals surface area (Å²) in [6.45, 7) is 1.87. The average molecular weight is 291 g/mol. The molecule has 1 aliphatic rings. The molecule has 3 heterocycles. The molecule has 106 valence electrons. The van der Waals surface area contributed by atoms with Crippen LogP contribution in [-0.4, -0.2) is 25.1 Å². The van der Waals surface area contributed by atoms with Gasteiger partial charge in [-0.1, -0.05) is 0 Å². The Hall–Kier alpha value is -1.46. The van der Waals surface area contributed by atoms with E-state index in [0.29, 0.717) is 0 Å². The van der Waals surface area contributed by atoms with Gasteiger partial charge in [0.2, 0.25) is 0 Å². The third-order valence-corrected chi connectivity index (χ3v) is 4.71. The first kappa shape index (κ1) is 13.5. The van der Waals surface area contributed by atoms with E-state index in [2.05, 4.69) is 21.3 Å². The smallest absolute Gasteiger partial charge is 0.176 e. The molecule has 20 heavy (non-hydrogen) atoms. The van der Waals surface area contributed by atoms with Gasteiger partial charge in [0, 0.05) is 24.0 Å². The Bertz CT molecular complexity index is 584. The Morgan fingerprint density at radius 1 is 1.45 bits per heavy atom. The van der Waals surface area contributed by atoms with E-state index in [4.69, 9.17) is 0 Å². The number of hydrogen-bond acceptors (Lipinski definition) is 4.